The van der Waals surface area contributed by atoms with Crippen molar-refractivity contribution in [1.82, 2.24) is 0 Å². The lowest BCUT2D eigenvalue weighted by molar-refractivity contribution is -0.131. The third kappa shape index (κ3) is 4.25. The third-order valence-corrected chi connectivity index (χ3v) is 2.42. The Morgan fingerprint density at radius 3 is 2.28 bits per heavy atom. The first kappa shape index (κ1) is 13.7. The van der Waals surface area contributed by atoms with Gasteiger partial charge in [-0.1, -0.05) is 18.2 Å². The summed E-state index contributed by atoms with van der Waals surface area (Å²) in [5, 5.41) is 11.0. The van der Waals surface area contributed by atoms with Crippen LogP contribution in [0.15, 0.2) is 42.5 Å². The van der Waals surface area contributed by atoms with Crippen molar-refractivity contribution in [1.29, 1.82) is 0 Å². The van der Waals surface area contributed by atoms with E-state index >= 15 is 0 Å². The molecular formula is C14H15NO3. The van der Waals surface area contributed by atoms with Gasteiger partial charge in [-0.05, 0) is 37.1 Å². The summed E-state index contributed by atoms with van der Waals surface area (Å²) in [4.78, 5) is 21.6. The molecule has 1 aromatic carbocycles. The van der Waals surface area contributed by atoms with Crippen molar-refractivity contribution in [3.8, 4) is 0 Å². The minimum absolute atomic E-state index is 0.465. The zero-order valence-corrected chi connectivity index (χ0v) is 10.3. The second kappa shape index (κ2) is 6.39. The van der Waals surface area contributed by atoms with E-state index < -0.39 is 11.9 Å². The van der Waals surface area contributed by atoms with Crippen molar-refractivity contribution < 1.29 is 14.7 Å². The van der Waals surface area contributed by atoms with Gasteiger partial charge in [0.2, 0.25) is 5.91 Å². The van der Waals surface area contributed by atoms with Gasteiger partial charge in [0.25, 0.3) is 0 Å². The van der Waals surface area contributed by atoms with E-state index in [1.807, 2.05) is 32.1 Å². The lowest BCUT2D eigenvalue weighted by Crippen LogP contribution is -2.08. The van der Waals surface area contributed by atoms with Gasteiger partial charge in [-0.3, -0.25) is 4.79 Å². The Balaban J connectivity index is 2.70. The fourth-order valence-electron chi connectivity index (χ4n) is 1.31. The average molecular weight is 245 g/mol. The van der Waals surface area contributed by atoms with Crippen LogP contribution in [0.2, 0.25) is 0 Å². The molecule has 4 heteroatoms. The Kier molecular flexibility index (Phi) is 4.87. The normalized spacial score (nSPS) is 11.6. The highest BCUT2D eigenvalue weighted by Crippen LogP contribution is 2.16. The zero-order chi connectivity index (χ0) is 13.5. The smallest absolute Gasteiger partial charge is 0.328 e. The van der Waals surface area contributed by atoms with E-state index in [0.717, 1.165) is 23.3 Å². The number of nitrogens with one attached hydrogen (secondary N) is 1. The predicted molar refractivity (Wildman–Crippen MR) is 71.2 cm³/mol. The molecule has 0 heterocycles. The number of allylic oxidation sites excluding steroid dienone is 2. The molecule has 0 aliphatic heterocycles. The summed E-state index contributed by atoms with van der Waals surface area (Å²) in [6, 6.07) is 7.33. The van der Waals surface area contributed by atoms with Gasteiger partial charge in [-0.15, -0.1) is 0 Å². The summed E-state index contributed by atoms with van der Waals surface area (Å²) in [5.74, 6) is -1.61. The van der Waals surface area contributed by atoms with E-state index in [4.69, 9.17) is 5.11 Å². The Morgan fingerprint density at radius 1 is 1.17 bits per heavy atom. The van der Waals surface area contributed by atoms with Gasteiger partial charge < -0.3 is 10.4 Å². The molecule has 4 nitrogen and oxygen atoms in total. The van der Waals surface area contributed by atoms with Crippen LogP contribution in [0.5, 0.6) is 0 Å². The second-order valence-corrected chi connectivity index (χ2v) is 3.71. The van der Waals surface area contributed by atoms with Gasteiger partial charge >= 0.3 is 5.97 Å². The number of hydrogen-bond acceptors (Lipinski definition) is 2. The van der Waals surface area contributed by atoms with Crippen LogP contribution in [0, 0.1) is 0 Å². The molecule has 0 bridgehead atoms. The van der Waals surface area contributed by atoms with Crippen LogP contribution in [-0.2, 0) is 9.59 Å². The third-order valence-electron chi connectivity index (χ3n) is 2.42. The number of carboxylic acid groups (broad SMARTS) is 1. The van der Waals surface area contributed by atoms with Gasteiger partial charge in [0.15, 0.2) is 0 Å². The van der Waals surface area contributed by atoms with Crippen molar-refractivity contribution in [2.75, 3.05) is 5.32 Å². The molecule has 0 saturated heterocycles. The number of hydrogen-bond donors (Lipinski definition) is 2. The van der Waals surface area contributed by atoms with Crippen LogP contribution >= 0.6 is 0 Å². The number of carboxylic acids is 1. The lowest BCUT2D eigenvalue weighted by atomic mass is 10.1. The van der Waals surface area contributed by atoms with E-state index in [0.29, 0.717) is 5.69 Å². The topological polar surface area (TPSA) is 66.4 Å². The monoisotopic (exact) mass is 245 g/mol. The number of benzene rings is 1. The maximum atomic E-state index is 11.3. The van der Waals surface area contributed by atoms with E-state index in [1.54, 1.807) is 12.1 Å². The summed E-state index contributed by atoms with van der Waals surface area (Å²) in [6.07, 6.45) is 3.78. The van der Waals surface area contributed by atoms with Crippen molar-refractivity contribution >= 4 is 23.1 Å². The quantitative estimate of drug-likeness (QED) is 0.801. The molecule has 0 spiro atoms. The van der Waals surface area contributed by atoms with E-state index in [1.165, 1.54) is 0 Å². The lowest BCUT2D eigenvalue weighted by Gasteiger charge is -2.04. The highest BCUT2D eigenvalue weighted by atomic mass is 16.4. The van der Waals surface area contributed by atoms with E-state index in [2.05, 4.69) is 5.32 Å². The first-order valence-electron chi connectivity index (χ1n) is 5.48. The van der Waals surface area contributed by atoms with Gasteiger partial charge in [0.05, 0.1) is 0 Å². The van der Waals surface area contributed by atoms with E-state index in [9.17, 15) is 9.59 Å². The number of amides is 1. The fourth-order valence-corrected chi connectivity index (χ4v) is 1.31. The van der Waals surface area contributed by atoms with Crippen LogP contribution in [0.4, 0.5) is 5.69 Å². The number of rotatable bonds is 4. The van der Waals surface area contributed by atoms with Gasteiger partial charge in [0, 0.05) is 17.8 Å². The molecule has 0 radical (unpaired) electrons. The minimum atomic E-state index is -1.15. The fraction of sp³-hybridized carbons (Fsp3) is 0.143. The summed E-state index contributed by atoms with van der Waals surface area (Å²) in [6.45, 7) is 3.96. The SMILES string of the molecule is CC=C(C)c1ccc(NC(=O)/C=C\C(=O)O)cc1. The molecule has 0 aromatic heterocycles. The maximum absolute atomic E-state index is 11.3. The molecule has 0 atom stereocenters. The number of aliphatic carboxylic acids is 1. The number of anilines is 1. The summed E-state index contributed by atoms with van der Waals surface area (Å²) in [7, 11) is 0. The molecule has 0 unspecified atom stereocenters. The predicted octanol–water partition coefficient (Wildman–Crippen LogP) is 2.69. The molecule has 0 aliphatic rings. The van der Waals surface area contributed by atoms with Gasteiger partial charge in [-0.25, -0.2) is 4.79 Å². The van der Waals surface area contributed by atoms with Crippen LogP contribution in [0.3, 0.4) is 0 Å². The molecular weight excluding hydrogens is 230 g/mol. The zero-order valence-electron chi connectivity index (χ0n) is 10.3. The highest BCUT2D eigenvalue weighted by molar-refractivity contribution is 6.02. The second-order valence-electron chi connectivity index (χ2n) is 3.71. The van der Waals surface area contributed by atoms with Gasteiger partial charge in [-0.2, -0.15) is 0 Å². The van der Waals surface area contributed by atoms with Gasteiger partial charge in [0.1, 0.15) is 0 Å². The Morgan fingerprint density at radius 2 is 1.78 bits per heavy atom. The standard InChI is InChI=1S/C14H15NO3/c1-3-10(2)11-4-6-12(7-5-11)15-13(16)8-9-14(17)18/h3-9H,1-2H3,(H,15,16)(H,17,18)/b9-8-,10-3?. The number of carbonyl (C=O) groups is 2. The molecule has 0 aliphatic carbocycles. The van der Waals surface area contributed by atoms with Crippen molar-refractivity contribution in [2.45, 2.75) is 13.8 Å². The van der Waals surface area contributed by atoms with Crippen LogP contribution in [0.1, 0.15) is 19.4 Å². The Hall–Kier alpha value is -2.36. The number of carbonyl (C=O) groups excluding carboxylic acids is 1. The average Bonchev–Trinajstić information content (AvgIpc) is 2.36. The molecule has 2 N–H and O–H groups in total. The maximum Gasteiger partial charge on any atom is 0.328 e. The Labute approximate surface area is 106 Å². The van der Waals surface area contributed by atoms with E-state index in [-0.39, 0.29) is 0 Å². The van der Waals surface area contributed by atoms with Crippen LogP contribution in [-0.4, -0.2) is 17.0 Å². The largest absolute Gasteiger partial charge is 0.478 e. The first-order valence-corrected chi connectivity index (χ1v) is 5.48. The van der Waals surface area contributed by atoms with Crippen LogP contribution < -0.4 is 5.32 Å². The van der Waals surface area contributed by atoms with Crippen LogP contribution in [0.25, 0.3) is 5.57 Å². The molecule has 0 fully saturated rings. The summed E-state index contributed by atoms with van der Waals surface area (Å²) < 4.78 is 0. The molecule has 1 rings (SSSR count). The molecule has 94 valence electrons. The molecule has 18 heavy (non-hydrogen) atoms. The molecule has 1 amide bonds. The summed E-state index contributed by atoms with van der Waals surface area (Å²) >= 11 is 0. The van der Waals surface area contributed by atoms with Crippen molar-refractivity contribution in [3.05, 3.63) is 48.1 Å². The summed E-state index contributed by atoms with van der Waals surface area (Å²) in [5.41, 5.74) is 2.86. The Bertz CT molecular complexity index is 498. The highest BCUT2D eigenvalue weighted by Gasteiger charge is 1.99. The minimum Gasteiger partial charge on any atom is -0.478 e. The molecule has 1 aromatic rings. The first-order chi connectivity index (χ1) is 8.52. The molecule has 0 saturated carbocycles. The van der Waals surface area contributed by atoms with Crippen molar-refractivity contribution in [2.24, 2.45) is 0 Å². The van der Waals surface area contributed by atoms with Crippen molar-refractivity contribution in [3.63, 3.8) is 0 Å².